The molecule has 25 heavy (non-hydrogen) atoms. The van der Waals surface area contributed by atoms with E-state index in [4.69, 9.17) is 5.26 Å². The Bertz CT molecular complexity index is 848. The number of nitriles is 1. The van der Waals surface area contributed by atoms with E-state index in [0.717, 1.165) is 36.1 Å². The monoisotopic (exact) mass is 348 g/mol. The average molecular weight is 348 g/mol. The van der Waals surface area contributed by atoms with E-state index < -0.39 is 0 Å². The molecule has 5 heteroatoms. The van der Waals surface area contributed by atoms with Gasteiger partial charge >= 0.3 is 0 Å². The van der Waals surface area contributed by atoms with Gasteiger partial charge in [0.15, 0.2) is 5.16 Å². The maximum absolute atomic E-state index is 8.88. The Balaban J connectivity index is 1.73. The van der Waals surface area contributed by atoms with E-state index in [-0.39, 0.29) is 0 Å². The summed E-state index contributed by atoms with van der Waals surface area (Å²) in [4.78, 5) is 0. The van der Waals surface area contributed by atoms with E-state index in [2.05, 4.69) is 52.0 Å². The third kappa shape index (κ3) is 4.49. The molecule has 0 aliphatic carbocycles. The first kappa shape index (κ1) is 17.2. The van der Waals surface area contributed by atoms with Gasteiger partial charge in [-0.25, -0.2) is 0 Å². The molecule has 126 valence electrons. The molecule has 1 heterocycles. The number of nitrogens with zero attached hydrogens (tertiary/aromatic N) is 4. The van der Waals surface area contributed by atoms with Gasteiger partial charge in [-0.05, 0) is 29.7 Å². The molecule has 0 aliphatic rings. The third-order valence-corrected chi connectivity index (χ3v) is 4.93. The van der Waals surface area contributed by atoms with Crippen LogP contribution in [0.4, 0.5) is 0 Å². The van der Waals surface area contributed by atoms with Crippen molar-refractivity contribution in [2.75, 3.05) is 0 Å². The average Bonchev–Trinajstić information content (AvgIpc) is 3.03. The van der Waals surface area contributed by atoms with Crippen LogP contribution in [0, 0.1) is 11.3 Å². The minimum atomic E-state index is 0.688. The van der Waals surface area contributed by atoms with Crippen LogP contribution < -0.4 is 0 Å². The molecule has 0 unspecified atom stereocenters. The van der Waals surface area contributed by atoms with Gasteiger partial charge in [-0.2, -0.15) is 5.26 Å². The van der Waals surface area contributed by atoms with Gasteiger partial charge < -0.3 is 4.57 Å². The molecule has 0 radical (unpaired) electrons. The third-order valence-electron chi connectivity index (χ3n) is 3.90. The van der Waals surface area contributed by atoms with Crippen LogP contribution in [-0.4, -0.2) is 14.8 Å². The first-order valence-corrected chi connectivity index (χ1v) is 9.36. The molecule has 0 atom stereocenters. The van der Waals surface area contributed by atoms with E-state index in [1.807, 2.05) is 30.3 Å². The zero-order valence-electron chi connectivity index (χ0n) is 14.2. The van der Waals surface area contributed by atoms with Crippen LogP contribution in [0.1, 0.15) is 35.9 Å². The fourth-order valence-electron chi connectivity index (χ4n) is 2.61. The van der Waals surface area contributed by atoms with E-state index in [1.165, 1.54) is 11.1 Å². The largest absolute Gasteiger partial charge is 0.306 e. The summed E-state index contributed by atoms with van der Waals surface area (Å²) < 4.78 is 2.22. The quantitative estimate of drug-likeness (QED) is 0.592. The van der Waals surface area contributed by atoms with Crippen molar-refractivity contribution >= 4 is 11.8 Å². The van der Waals surface area contributed by atoms with Gasteiger partial charge in [0.05, 0.1) is 11.6 Å². The molecular weight excluding hydrogens is 328 g/mol. The number of benzene rings is 2. The van der Waals surface area contributed by atoms with Crippen molar-refractivity contribution in [3.05, 3.63) is 77.1 Å². The summed E-state index contributed by atoms with van der Waals surface area (Å²) >= 11 is 1.69. The van der Waals surface area contributed by atoms with Gasteiger partial charge in [0.1, 0.15) is 5.82 Å². The lowest BCUT2D eigenvalue weighted by molar-refractivity contribution is 0.598. The number of thioether (sulfide) groups is 1. The van der Waals surface area contributed by atoms with E-state index in [0.29, 0.717) is 5.56 Å². The van der Waals surface area contributed by atoms with E-state index >= 15 is 0 Å². The number of hydrogen-bond acceptors (Lipinski definition) is 4. The van der Waals surface area contributed by atoms with Crippen LogP contribution in [0.25, 0.3) is 0 Å². The van der Waals surface area contributed by atoms with Crippen LogP contribution in [0.15, 0.2) is 59.8 Å². The molecule has 0 saturated carbocycles. The van der Waals surface area contributed by atoms with Gasteiger partial charge in [0, 0.05) is 18.7 Å². The molecule has 0 amide bonds. The highest BCUT2D eigenvalue weighted by Gasteiger charge is 2.12. The van der Waals surface area contributed by atoms with Gasteiger partial charge in [-0.1, -0.05) is 61.2 Å². The maximum atomic E-state index is 8.88. The lowest BCUT2D eigenvalue weighted by Gasteiger charge is -2.09. The standard InChI is InChI=1S/C20H20N4S/c1-2-12-24-19(13-16-6-4-3-5-7-16)22-23-20(24)25-15-18-10-8-17(14-21)9-11-18/h3-11H,2,12-13,15H2,1H3. The minimum absolute atomic E-state index is 0.688. The van der Waals surface area contributed by atoms with Crippen molar-refractivity contribution in [3.8, 4) is 6.07 Å². The summed E-state index contributed by atoms with van der Waals surface area (Å²) in [6.45, 7) is 3.09. The molecule has 0 aliphatic heterocycles. The maximum Gasteiger partial charge on any atom is 0.191 e. The lowest BCUT2D eigenvalue weighted by atomic mass is 10.1. The van der Waals surface area contributed by atoms with Crippen LogP contribution in [-0.2, 0) is 18.7 Å². The molecule has 1 aromatic heterocycles. The molecule has 0 N–H and O–H groups in total. The molecule has 0 bridgehead atoms. The Morgan fingerprint density at radius 2 is 1.76 bits per heavy atom. The van der Waals surface area contributed by atoms with Crippen molar-refractivity contribution in [1.82, 2.24) is 14.8 Å². The highest BCUT2D eigenvalue weighted by Crippen LogP contribution is 2.23. The van der Waals surface area contributed by atoms with Crippen molar-refractivity contribution in [3.63, 3.8) is 0 Å². The molecular formula is C20H20N4S. The zero-order valence-corrected chi connectivity index (χ0v) is 15.0. The summed E-state index contributed by atoms with van der Waals surface area (Å²) in [6, 6.07) is 20.2. The summed E-state index contributed by atoms with van der Waals surface area (Å²) in [5.74, 6) is 1.83. The summed E-state index contributed by atoms with van der Waals surface area (Å²) in [6.07, 6.45) is 1.84. The zero-order chi connectivity index (χ0) is 17.5. The number of aromatic nitrogens is 3. The second kappa shape index (κ2) is 8.50. The van der Waals surface area contributed by atoms with Crippen molar-refractivity contribution in [2.45, 2.75) is 37.2 Å². The molecule has 4 nitrogen and oxygen atoms in total. The van der Waals surface area contributed by atoms with Gasteiger partial charge in [0.2, 0.25) is 0 Å². The fourth-order valence-corrected chi connectivity index (χ4v) is 3.55. The predicted molar refractivity (Wildman–Crippen MR) is 100 cm³/mol. The Kier molecular flexibility index (Phi) is 5.86. The smallest absolute Gasteiger partial charge is 0.191 e. The summed E-state index contributed by atoms with van der Waals surface area (Å²) in [5.41, 5.74) is 3.11. The fraction of sp³-hybridized carbons (Fsp3) is 0.250. The van der Waals surface area contributed by atoms with Crippen LogP contribution in [0.3, 0.4) is 0 Å². The van der Waals surface area contributed by atoms with Crippen LogP contribution in [0.2, 0.25) is 0 Å². The summed E-state index contributed by atoms with van der Waals surface area (Å²) in [5, 5.41) is 18.7. The Labute approximate surface area is 152 Å². The van der Waals surface area contributed by atoms with Gasteiger partial charge in [0.25, 0.3) is 0 Å². The van der Waals surface area contributed by atoms with Crippen LogP contribution >= 0.6 is 11.8 Å². The SMILES string of the molecule is CCCn1c(Cc2ccccc2)nnc1SCc1ccc(C#N)cc1. The highest BCUT2D eigenvalue weighted by molar-refractivity contribution is 7.98. The van der Waals surface area contributed by atoms with Crippen molar-refractivity contribution in [2.24, 2.45) is 0 Å². The highest BCUT2D eigenvalue weighted by atomic mass is 32.2. The molecule has 2 aromatic carbocycles. The second-order valence-corrected chi connectivity index (χ2v) is 6.75. The normalized spacial score (nSPS) is 10.6. The molecule has 0 fully saturated rings. The van der Waals surface area contributed by atoms with Gasteiger partial charge in [-0.3, -0.25) is 0 Å². The molecule has 3 rings (SSSR count). The lowest BCUT2D eigenvalue weighted by Crippen LogP contribution is -2.05. The van der Waals surface area contributed by atoms with Gasteiger partial charge in [-0.15, -0.1) is 10.2 Å². The van der Waals surface area contributed by atoms with E-state index in [1.54, 1.807) is 11.8 Å². The first-order chi connectivity index (χ1) is 12.3. The molecule has 0 saturated heterocycles. The minimum Gasteiger partial charge on any atom is -0.306 e. The first-order valence-electron chi connectivity index (χ1n) is 8.38. The van der Waals surface area contributed by atoms with Crippen LogP contribution in [0.5, 0.6) is 0 Å². The number of rotatable bonds is 7. The Morgan fingerprint density at radius 3 is 2.44 bits per heavy atom. The second-order valence-electron chi connectivity index (χ2n) is 5.81. The number of hydrogen-bond donors (Lipinski definition) is 0. The van der Waals surface area contributed by atoms with Crippen molar-refractivity contribution in [1.29, 1.82) is 5.26 Å². The van der Waals surface area contributed by atoms with E-state index in [9.17, 15) is 0 Å². The van der Waals surface area contributed by atoms with Crippen molar-refractivity contribution < 1.29 is 0 Å². The topological polar surface area (TPSA) is 54.5 Å². The Morgan fingerprint density at radius 1 is 1.00 bits per heavy atom. The molecule has 0 spiro atoms. The molecule has 3 aromatic rings. The summed E-state index contributed by atoms with van der Waals surface area (Å²) in [7, 11) is 0. The predicted octanol–water partition coefficient (Wildman–Crippen LogP) is 4.44. The Hall–Kier alpha value is -2.58.